The second-order valence-electron chi connectivity index (χ2n) is 4.39. The fraction of sp³-hybridized carbons (Fsp3) is 0.462. The Hall–Kier alpha value is 0.0600. The fourth-order valence-corrected chi connectivity index (χ4v) is 4.09. The van der Waals surface area contributed by atoms with Crippen molar-refractivity contribution in [3.05, 3.63) is 26.8 Å². The number of nitrogens with zero attached hydrogens (tertiary/aromatic N) is 1. The molecule has 0 saturated heterocycles. The highest BCUT2D eigenvalue weighted by molar-refractivity contribution is 14.1. The lowest BCUT2D eigenvalue weighted by molar-refractivity contribution is 0.456. The predicted molar refractivity (Wildman–Crippen MR) is 91.0 cm³/mol. The highest BCUT2D eigenvalue weighted by atomic mass is 127. The molecule has 1 heterocycles. The van der Waals surface area contributed by atoms with Crippen LogP contribution in [0.4, 0.5) is 5.69 Å². The van der Waals surface area contributed by atoms with E-state index in [1.54, 1.807) is 11.8 Å². The highest BCUT2D eigenvalue weighted by Gasteiger charge is 2.32. The Labute approximate surface area is 131 Å². The van der Waals surface area contributed by atoms with Crippen LogP contribution in [0.3, 0.4) is 0 Å². The molecule has 1 aliphatic rings. The van der Waals surface area contributed by atoms with E-state index < -0.39 is 0 Å². The van der Waals surface area contributed by atoms with Crippen LogP contribution in [-0.2, 0) is 0 Å². The summed E-state index contributed by atoms with van der Waals surface area (Å²) in [7, 11) is 0. The lowest BCUT2D eigenvalue weighted by Crippen LogP contribution is -2.24. The van der Waals surface area contributed by atoms with Crippen molar-refractivity contribution in [2.24, 2.45) is 4.99 Å². The Morgan fingerprint density at radius 2 is 2.17 bits per heavy atom. The van der Waals surface area contributed by atoms with E-state index in [9.17, 15) is 0 Å². The fourth-order valence-electron chi connectivity index (χ4n) is 1.86. The van der Waals surface area contributed by atoms with Crippen molar-refractivity contribution in [2.75, 3.05) is 11.1 Å². The van der Waals surface area contributed by atoms with Gasteiger partial charge in [-0.2, -0.15) is 0 Å². The van der Waals surface area contributed by atoms with E-state index in [0.29, 0.717) is 0 Å². The zero-order chi connectivity index (χ0) is 13.2. The van der Waals surface area contributed by atoms with Gasteiger partial charge in [-0.3, -0.25) is 4.99 Å². The third-order valence-corrected chi connectivity index (χ3v) is 5.44. The van der Waals surface area contributed by atoms with Gasteiger partial charge in [0.05, 0.1) is 16.2 Å². The van der Waals surface area contributed by atoms with E-state index in [4.69, 9.17) is 16.6 Å². The van der Waals surface area contributed by atoms with E-state index in [-0.39, 0.29) is 5.54 Å². The van der Waals surface area contributed by atoms with Gasteiger partial charge in [0.25, 0.3) is 0 Å². The Balaban J connectivity index is 2.15. The summed E-state index contributed by atoms with van der Waals surface area (Å²) in [6, 6.07) is 6.00. The first-order valence-electron chi connectivity index (χ1n) is 6.03. The van der Waals surface area contributed by atoms with Crippen LogP contribution >= 0.6 is 46.0 Å². The number of nitrogens with one attached hydrogen (secondary N) is 1. The van der Waals surface area contributed by atoms with Crippen molar-refractivity contribution in [1.29, 1.82) is 0 Å². The minimum absolute atomic E-state index is 0.114. The molecule has 0 aromatic heterocycles. The van der Waals surface area contributed by atoms with Gasteiger partial charge in [-0.15, -0.1) is 0 Å². The SMILES string of the molecule is CCC1(CC)CSC(Nc2ccc(I)cc2Cl)=N1. The second kappa shape index (κ2) is 6.01. The molecular weight excluding hydrogens is 379 g/mol. The number of benzene rings is 1. The highest BCUT2D eigenvalue weighted by Crippen LogP contribution is 2.34. The second-order valence-corrected chi connectivity index (χ2v) is 7.00. The molecule has 1 aromatic carbocycles. The molecule has 0 aliphatic carbocycles. The zero-order valence-electron chi connectivity index (χ0n) is 10.5. The summed E-state index contributed by atoms with van der Waals surface area (Å²) < 4.78 is 1.14. The number of rotatable bonds is 3. The summed E-state index contributed by atoms with van der Waals surface area (Å²) in [5, 5.41) is 5.07. The van der Waals surface area contributed by atoms with Crippen LogP contribution in [0, 0.1) is 3.57 Å². The minimum atomic E-state index is 0.114. The number of aliphatic imine (C=N–C) groups is 1. The first-order chi connectivity index (χ1) is 8.58. The number of hydrogen-bond acceptors (Lipinski definition) is 3. The topological polar surface area (TPSA) is 24.4 Å². The van der Waals surface area contributed by atoms with E-state index in [1.165, 1.54) is 0 Å². The summed E-state index contributed by atoms with van der Waals surface area (Å²) in [5.74, 6) is 1.06. The molecule has 0 bridgehead atoms. The minimum Gasteiger partial charge on any atom is -0.334 e. The number of anilines is 1. The zero-order valence-corrected chi connectivity index (χ0v) is 14.2. The van der Waals surface area contributed by atoms with Gasteiger partial charge < -0.3 is 5.32 Å². The van der Waals surface area contributed by atoms with Crippen LogP contribution in [-0.4, -0.2) is 16.5 Å². The first-order valence-corrected chi connectivity index (χ1v) is 8.47. The number of hydrogen-bond donors (Lipinski definition) is 1. The molecule has 1 aliphatic heterocycles. The molecule has 0 spiro atoms. The molecule has 1 aromatic rings. The largest absolute Gasteiger partial charge is 0.334 e. The molecular formula is C13H16ClIN2S. The smallest absolute Gasteiger partial charge is 0.161 e. The van der Waals surface area contributed by atoms with Crippen LogP contribution in [0.2, 0.25) is 5.02 Å². The Kier molecular flexibility index (Phi) is 4.83. The van der Waals surface area contributed by atoms with Crippen molar-refractivity contribution < 1.29 is 0 Å². The van der Waals surface area contributed by atoms with Gasteiger partial charge in [0.1, 0.15) is 0 Å². The van der Waals surface area contributed by atoms with Crippen molar-refractivity contribution in [3.8, 4) is 0 Å². The maximum atomic E-state index is 6.22. The molecule has 18 heavy (non-hydrogen) atoms. The standard InChI is InChI=1S/C13H16ClIN2S/c1-3-13(4-2)8-18-12(17-13)16-11-6-5-9(15)7-10(11)14/h5-7H,3-4,8H2,1-2H3,(H,16,17). The number of thioether (sulfide) groups is 1. The van der Waals surface area contributed by atoms with Crippen LogP contribution in [0.15, 0.2) is 23.2 Å². The summed E-state index contributed by atoms with van der Waals surface area (Å²) in [6.45, 7) is 4.41. The van der Waals surface area contributed by atoms with Crippen molar-refractivity contribution in [1.82, 2.24) is 0 Å². The maximum Gasteiger partial charge on any atom is 0.161 e. The Morgan fingerprint density at radius 1 is 1.44 bits per heavy atom. The average molecular weight is 395 g/mol. The van der Waals surface area contributed by atoms with E-state index in [2.05, 4.69) is 41.8 Å². The van der Waals surface area contributed by atoms with Gasteiger partial charge >= 0.3 is 0 Å². The van der Waals surface area contributed by atoms with Gasteiger partial charge in [0.2, 0.25) is 0 Å². The summed E-state index contributed by atoms with van der Waals surface area (Å²) >= 11 is 10.3. The summed E-state index contributed by atoms with van der Waals surface area (Å²) in [4.78, 5) is 4.82. The van der Waals surface area contributed by atoms with E-state index in [0.717, 1.165) is 38.0 Å². The number of amidine groups is 1. The lowest BCUT2D eigenvalue weighted by Gasteiger charge is -2.20. The molecule has 0 amide bonds. The van der Waals surface area contributed by atoms with Gasteiger partial charge in [-0.05, 0) is 53.6 Å². The Bertz CT molecular complexity index is 472. The quantitative estimate of drug-likeness (QED) is 0.728. The predicted octanol–water partition coefficient (Wildman–Crippen LogP) is 5.02. The molecule has 5 heteroatoms. The average Bonchev–Trinajstić information content (AvgIpc) is 2.77. The molecule has 98 valence electrons. The van der Waals surface area contributed by atoms with Crippen LogP contribution in [0.25, 0.3) is 0 Å². The molecule has 2 rings (SSSR count). The number of halogens is 2. The maximum absolute atomic E-state index is 6.22. The van der Waals surface area contributed by atoms with Gasteiger partial charge in [0, 0.05) is 9.32 Å². The molecule has 0 saturated carbocycles. The lowest BCUT2D eigenvalue weighted by atomic mass is 9.97. The third-order valence-electron chi connectivity index (χ3n) is 3.31. The van der Waals surface area contributed by atoms with Gasteiger partial charge in [-0.1, -0.05) is 37.2 Å². The normalized spacial score (nSPS) is 17.7. The monoisotopic (exact) mass is 394 g/mol. The van der Waals surface area contributed by atoms with Crippen molar-refractivity contribution in [2.45, 2.75) is 32.2 Å². The van der Waals surface area contributed by atoms with Gasteiger partial charge in [-0.25, -0.2) is 0 Å². The van der Waals surface area contributed by atoms with Crippen LogP contribution in [0.5, 0.6) is 0 Å². The van der Waals surface area contributed by atoms with Gasteiger partial charge in [0.15, 0.2) is 5.17 Å². The molecule has 2 nitrogen and oxygen atoms in total. The summed E-state index contributed by atoms with van der Waals surface area (Å²) in [6.07, 6.45) is 2.17. The molecule has 0 atom stereocenters. The van der Waals surface area contributed by atoms with Crippen molar-refractivity contribution in [3.63, 3.8) is 0 Å². The first kappa shape index (κ1) is 14.5. The van der Waals surface area contributed by atoms with E-state index >= 15 is 0 Å². The molecule has 0 fully saturated rings. The Morgan fingerprint density at radius 3 is 2.72 bits per heavy atom. The van der Waals surface area contributed by atoms with E-state index in [1.807, 2.05) is 18.2 Å². The summed E-state index contributed by atoms with van der Waals surface area (Å²) in [5.41, 5.74) is 1.05. The van der Waals surface area contributed by atoms with Crippen LogP contribution < -0.4 is 5.32 Å². The van der Waals surface area contributed by atoms with Crippen LogP contribution in [0.1, 0.15) is 26.7 Å². The molecule has 1 N–H and O–H groups in total. The third kappa shape index (κ3) is 3.14. The van der Waals surface area contributed by atoms with Crippen molar-refractivity contribution >= 4 is 56.8 Å². The molecule has 0 unspecified atom stereocenters. The molecule has 0 radical (unpaired) electrons.